The van der Waals surface area contributed by atoms with E-state index in [0.717, 1.165) is 0 Å². The van der Waals surface area contributed by atoms with E-state index in [1.54, 1.807) is 24.4 Å². The van der Waals surface area contributed by atoms with Gasteiger partial charge in [0.25, 0.3) is 0 Å². The van der Waals surface area contributed by atoms with Crippen LogP contribution in [0.3, 0.4) is 0 Å². The zero-order valence-corrected chi connectivity index (χ0v) is 10.2. The molecule has 0 aliphatic rings. The Balaban J connectivity index is 2.24. The predicted octanol–water partition coefficient (Wildman–Crippen LogP) is 2.02. The molecule has 0 saturated heterocycles. The minimum absolute atomic E-state index is 0.103. The van der Waals surface area contributed by atoms with E-state index in [2.05, 4.69) is 15.4 Å². The van der Waals surface area contributed by atoms with E-state index in [1.807, 2.05) is 0 Å². The zero-order valence-electron chi connectivity index (χ0n) is 9.48. The van der Waals surface area contributed by atoms with Gasteiger partial charge in [0.05, 0.1) is 16.8 Å². The van der Waals surface area contributed by atoms with Gasteiger partial charge in [-0.3, -0.25) is 11.3 Å². The van der Waals surface area contributed by atoms with Crippen LogP contribution in [0.15, 0.2) is 36.8 Å². The fourth-order valence-electron chi connectivity index (χ4n) is 1.68. The summed E-state index contributed by atoms with van der Waals surface area (Å²) < 4.78 is 13.8. The second-order valence-corrected chi connectivity index (χ2v) is 4.18. The number of nitrogens with one attached hydrogen (secondary N) is 1. The van der Waals surface area contributed by atoms with Crippen molar-refractivity contribution < 1.29 is 4.39 Å². The summed E-state index contributed by atoms with van der Waals surface area (Å²) in [5.74, 6) is 5.05. The van der Waals surface area contributed by atoms with Gasteiger partial charge in [0.15, 0.2) is 0 Å². The molecule has 0 radical (unpaired) electrons. The maximum absolute atomic E-state index is 13.8. The van der Waals surface area contributed by atoms with Gasteiger partial charge in [-0.05, 0) is 24.1 Å². The Morgan fingerprint density at radius 1 is 1.39 bits per heavy atom. The maximum Gasteiger partial charge on any atom is 0.145 e. The van der Waals surface area contributed by atoms with E-state index in [4.69, 9.17) is 17.4 Å². The van der Waals surface area contributed by atoms with E-state index in [0.29, 0.717) is 17.7 Å². The minimum Gasteiger partial charge on any atom is -0.271 e. The van der Waals surface area contributed by atoms with E-state index < -0.39 is 5.82 Å². The molecule has 1 unspecified atom stereocenters. The molecule has 94 valence electrons. The largest absolute Gasteiger partial charge is 0.271 e. The second kappa shape index (κ2) is 5.86. The molecule has 0 spiro atoms. The van der Waals surface area contributed by atoms with Crippen LogP contribution >= 0.6 is 11.6 Å². The summed E-state index contributed by atoms with van der Waals surface area (Å²) in [5, 5.41) is 0.103. The second-order valence-electron chi connectivity index (χ2n) is 3.77. The third-order valence-corrected chi connectivity index (χ3v) is 2.91. The van der Waals surface area contributed by atoms with Crippen LogP contribution in [0.4, 0.5) is 4.39 Å². The summed E-state index contributed by atoms with van der Waals surface area (Å²) in [4.78, 5) is 7.92. The molecular formula is C12H12ClFN4. The highest BCUT2D eigenvalue weighted by molar-refractivity contribution is 6.30. The Labute approximate surface area is 109 Å². The van der Waals surface area contributed by atoms with Crippen molar-refractivity contribution in [3.05, 3.63) is 58.9 Å². The Hall–Kier alpha value is -1.56. The van der Waals surface area contributed by atoms with Crippen molar-refractivity contribution in [3.63, 3.8) is 0 Å². The van der Waals surface area contributed by atoms with Gasteiger partial charge in [-0.15, -0.1) is 0 Å². The average molecular weight is 267 g/mol. The van der Waals surface area contributed by atoms with Crippen LogP contribution in [-0.4, -0.2) is 9.97 Å². The van der Waals surface area contributed by atoms with Gasteiger partial charge in [-0.1, -0.05) is 23.7 Å². The quantitative estimate of drug-likeness (QED) is 0.656. The van der Waals surface area contributed by atoms with Gasteiger partial charge < -0.3 is 0 Å². The molecular weight excluding hydrogens is 255 g/mol. The number of benzene rings is 1. The van der Waals surface area contributed by atoms with Crippen LogP contribution in [0.25, 0.3) is 0 Å². The first kappa shape index (κ1) is 12.9. The first-order chi connectivity index (χ1) is 8.72. The molecule has 6 heteroatoms. The van der Waals surface area contributed by atoms with Crippen molar-refractivity contribution in [2.75, 3.05) is 0 Å². The summed E-state index contributed by atoms with van der Waals surface area (Å²) in [7, 11) is 0. The average Bonchev–Trinajstić information content (AvgIpc) is 2.41. The fraction of sp³-hybridized carbons (Fsp3) is 0.167. The summed E-state index contributed by atoms with van der Waals surface area (Å²) in [6, 6.07) is 6.32. The molecule has 0 aliphatic heterocycles. The lowest BCUT2D eigenvalue weighted by atomic mass is 10.0. The zero-order chi connectivity index (χ0) is 13.0. The van der Waals surface area contributed by atoms with E-state index in [1.165, 1.54) is 12.4 Å². The van der Waals surface area contributed by atoms with E-state index in [9.17, 15) is 4.39 Å². The topological polar surface area (TPSA) is 63.8 Å². The van der Waals surface area contributed by atoms with Crippen LogP contribution in [0.1, 0.15) is 17.3 Å². The lowest BCUT2D eigenvalue weighted by Gasteiger charge is -2.15. The highest BCUT2D eigenvalue weighted by Crippen LogP contribution is 2.22. The summed E-state index contributed by atoms with van der Waals surface area (Å²) in [6.07, 6.45) is 3.40. The number of nitrogens with two attached hydrogens (primary N) is 1. The summed E-state index contributed by atoms with van der Waals surface area (Å²) in [6.45, 7) is 0. The van der Waals surface area contributed by atoms with Crippen molar-refractivity contribution >= 4 is 11.6 Å². The molecule has 0 aliphatic carbocycles. The highest BCUT2D eigenvalue weighted by atomic mass is 35.5. The first-order valence-corrected chi connectivity index (χ1v) is 5.75. The van der Waals surface area contributed by atoms with E-state index in [-0.39, 0.29) is 11.1 Å². The molecule has 2 rings (SSSR count). The third-order valence-electron chi connectivity index (χ3n) is 2.62. The molecule has 18 heavy (non-hydrogen) atoms. The van der Waals surface area contributed by atoms with Crippen LogP contribution in [-0.2, 0) is 6.42 Å². The SMILES string of the molecule is NNC(Cc1cccc(Cl)c1F)c1ccncn1. The van der Waals surface area contributed by atoms with Crippen molar-refractivity contribution in [2.45, 2.75) is 12.5 Å². The molecule has 4 nitrogen and oxygen atoms in total. The molecule has 3 N–H and O–H groups in total. The van der Waals surface area contributed by atoms with Crippen LogP contribution in [0.5, 0.6) is 0 Å². The maximum atomic E-state index is 13.8. The first-order valence-electron chi connectivity index (χ1n) is 5.37. The number of nitrogens with zero attached hydrogens (tertiary/aromatic N) is 2. The smallest absolute Gasteiger partial charge is 0.145 e. The Morgan fingerprint density at radius 2 is 2.22 bits per heavy atom. The molecule has 0 saturated carbocycles. The van der Waals surface area contributed by atoms with E-state index >= 15 is 0 Å². The molecule has 0 amide bonds. The molecule has 1 atom stereocenters. The molecule has 1 aromatic carbocycles. The van der Waals surface area contributed by atoms with Crippen molar-refractivity contribution in [2.24, 2.45) is 5.84 Å². The van der Waals surface area contributed by atoms with Gasteiger partial charge in [0.2, 0.25) is 0 Å². The molecule has 0 bridgehead atoms. The molecule has 1 aromatic heterocycles. The van der Waals surface area contributed by atoms with Crippen molar-refractivity contribution in [1.29, 1.82) is 0 Å². The fourth-order valence-corrected chi connectivity index (χ4v) is 1.88. The third kappa shape index (κ3) is 2.81. The Bertz CT molecular complexity index is 521. The number of hydrazine groups is 1. The molecule has 2 aromatic rings. The van der Waals surface area contributed by atoms with Crippen LogP contribution in [0.2, 0.25) is 5.02 Å². The number of halogens is 2. The van der Waals surface area contributed by atoms with Crippen LogP contribution in [0, 0.1) is 5.82 Å². The monoisotopic (exact) mass is 266 g/mol. The lowest BCUT2D eigenvalue weighted by molar-refractivity contribution is 0.518. The minimum atomic E-state index is -0.423. The number of hydrogen-bond donors (Lipinski definition) is 2. The normalized spacial score (nSPS) is 12.4. The Morgan fingerprint density at radius 3 is 2.89 bits per heavy atom. The van der Waals surface area contributed by atoms with Crippen molar-refractivity contribution in [1.82, 2.24) is 15.4 Å². The standard InChI is InChI=1S/C12H12ClFN4/c13-9-3-1-2-8(12(9)14)6-11(18-15)10-4-5-16-7-17-10/h1-5,7,11,18H,6,15H2. The van der Waals surface area contributed by atoms with Crippen LogP contribution < -0.4 is 11.3 Å². The van der Waals surface area contributed by atoms with Gasteiger partial charge in [0, 0.05) is 6.20 Å². The molecule has 1 heterocycles. The highest BCUT2D eigenvalue weighted by Gasteiger charge is 2.15. The van der Waals surface area contributed by atoms with Crippen molar-refractivity contribution in [3.8, 4) is 0 Å². The number of rotatable bonds is 4. The lowest BCUT2D eigenvalue weighted by Crippen LogP contribution is -2.30. The predicted molar refractivity (Wildman–Crippen MR) is 67.2 cm³/mol. The summed E-state index contributed by atoms with van der Waals surface area (Å²) >= 11 is 5.73. The van der Waals surface area contributed by atoms with Gasteiger partial charge >= 0.3 is 0 Å². The number of hydrogen-bond acceptors (Lipinski definition) is 4. The molecule has 0 fully saturated rings. The summed E-state index contributed by atoms with van der Waals surface area (Å²) in [5.41, 5.74) is 3.80. The van der Waals surface area contributed by atoms with Gasteiger partial charge in [-0.25, -0.2) is 14.4 Å². The number of aromatic nitrogens is 2. The Kier molecular flexibility index (Phi) is 4.19. The van der Waals surface area contributed by atoms with Gasteiger partial charge in [-0.2, -0.15) is 0 Å². The van der Waals surface area contributed by atoms with Gasteiger partial charge in [0.1, 0.15) is 12.1 Å².